The van der Waals surface area contributed by atoms with Crippen LogP contribution in [0.4, 0.5) is 0 Å². The van der Waals surface area contributed by atoms with Crippen molar-refractivity contribution in [3.05, 3.63) is 0 Å². The zero-order valence-corrected chi connectivity index (χ0v) is 10.0. The second-order valence-corrected chi connectivity index (χ2v) is 4.79. The van der Waals surface area contributed by atoms with Crippen molar-refractivity contribution in [3.63, 3.8) is 0 Å². The molecule has 0 aliphatic rings. The van der Waals surface area contributed by atoms with Crippen LogP contribution in [0.25, 0.3) is 0 Å². The molecule has 0 radical (unpaired) electrons. The van der Waals surface area contributed by atoms with Crippen molar-refractivity contribution in [2.75, 3.05) is 0 Å². The topological polar surface area (TPSA) is 104 Å². The zero-order chi connectivity index (χ0) is 12.8. The summed E-state index contributed by atoms with van der Waals surface area (Å²) in [5.41, 5.74) is 4.65. The van der Waals surface area contributed by atoms with Crippen LogP contribution in [0.15, 0.2) is 0 Å². The molecule has 6 heteroatoms. The minimum Gasteiger partial charge on any atom is -0.480 e. The molecule has 1 atom stereocenters. The maximum absolute atomic E-state index is 11.1. The second kappa shape index (κ2) is 6.88. The molecule has 16 heavy (non-hydrogen) atoms. The van der Waals surface area contributed by atoms with Gasteiger partial charge in [-0.2, -0.15) is 0 Å². The first-order valence-electron chi connectivity index (χ1n) is 5.66. The molecular formula is C10H22BNO4. The number of carboxylic acid groups (broad SMARTS) is 1. The maximum atomic E-state index is 11.1. The minimum atomic E-state index is -1.32. The van der Waals surface area contributed by atoms with Crippen molar-refractivity contribution >= 4 is 13.1 Å². The number of hydrogen-bond donors (Lipinski definition) is 4. The molecule has 94 valence electrons. The lowest BCUT2D eigenvalue weighted by Gasteiger charge is -2.26. The number of rotatable bonds is 8. The summed E-state index contributed by atoms with van der Waals surface area (Å²) in [5, 5.41) is 26.4. The number of carboxylic acids is 1. The molecule has 0 spiro atoms. The van der Waals surface area contributed by atoms with Crippen LogP contribution >= 0.6 is 0 Å². The summed E-state index contributed by atoms with van der Waals surface area (Å²) in [6, 6.07) is 0. The van der Waals surface area contributed by atoms with Gasteiger partial charge in [-0.3, -0.25) is 4.79 Å². The van der Waals surface area contributed by atoms with Crippen LogP contribution < -0.4 is 5.73 Å². The molecule has 0 saturated carbocycles. The molecule has 0 aromatic heterocycles. The molecule has 0 aromatic carbocycles. The van der Waals surface area contributed by atoms with Gasteiger partial charge in [-0.1, -0.05) is 26.7 Å². The van der Waals surface area contributed by atoms with Crippen molar-refractivity contribution in [2.45, 2.75) is 51.4 Å². The van der Waals surface area contributed by atoms with Crippen molar-refractivity contribution in [2.24, 2.45) is 11.7 Å². The maximum Gasteiger partial charge on any atom is 0.451 e. The molecule has 5 nitrogen and oxygen atoms in total. The number of carbonyl (C=O) groups is 1. The first-order chi connectivity index (χ1) is 7.28. The van der Waals surface area contributed by atoms with Crippen LogP contribution in [0, 0.1) is 5.92 Å². The van der Waals surface area contributed by atoms with Gasteiger partial charge in [-0.05, 0) is 25.1 Å². The van der Waals surface area contributed by atoms with E-state index in [1.807, 2.05) is 13.8 Å². The predicted molar refractivity (Wildman–Crippen MR) is 62.9 cm³/mol. The van der Waals surface area contributed by atoms with E-state index in [4.69, 9.17) is 20.9 Å². The van der Waals surface area contributed by atoms with Crippen LogP contribution in [0.3, 0.4) is 0 Å². The van der Waals surface area contributed by atoms with Crippen LogP contribution in [0.1, 0.15) is 39.5 Å². The van der Waals surface area contributed by atoms with Crippen molar-refractivity contribution in [3.8, 4) is 0 Å². The number of unbranched alkanes of at least 4 members (excludes halogenated alkanes) is 1. The highest BCUT2D eigenvalue weighted by Gasteiger charge is 2.33. The molecule has 0 rings (SSSR count). The highest BCUT2D eigenvalue weighted by atomic mass is 16.4. The van der Waals surface area contributed by atoms with Crippen LogP contribution in [0.5, 0.6) is 0 Å². The van der Waals surface area contributed by atoms with E-state index in [0.29, 0.717) is 25.7 Å². The Hall–Kier alpha value is -0.585. The first-order valence-corrected chi connectivity index (χ1v) is 5.66. The Morgan fingerprint density at radius 3 is 2.31 bits per heavy atom. The Morgan fingerprint density at radius 2 is 1.94 bits per heavy atom. The normalized spacial score (nSPS) is 14.9. The van der Waals surface area contributed by atoms with Gasteiger partial charge in [-0.15, -0.1) is 0 Å². The van der Waals surface area contributed by atoms with Gasteiger partial charge in [0.1, 0.15) is 5.54 Å². The SMILES string of the molecule is CC(C)CC(N)(CCCCB(O)O)C(=O)O. The Bertz CT molecular complexity index is 223. The quantitative estimate of drug-likeness (QED) is 0.359. The lowest BCUT2D eigenvalue weighted by Crippen LogP contribution is -2.48. The van der Waals surface area contributed by atoms with Crippen LogP contribution in [-0.4, -0.2) is 33.8 Å². The lowest BCUT2D eigenvalue weighted by atomic mass is 9.80. The summed E-state index contributed by atoms with van der Waals surface area (Å²) in [6.07, 6.45) is 2.23. The third kappa shape index (κ3) is 6.10. The summed E-state index contributed by atoms with van der Waals surface area (Å²) >= 11 is 0. The predicted octanol–water partition coefficient (Wildman–Crippen LogP) is 0.458. The number of hydrogen-bond acceptors (Lipinski definition) is 4. The van der Waals surface area contributed by atoms with E-state index < -0.39 is 18.6 Å². The summed E-state index contributed by atoms with van der Waals surface area (Å²) in [6.45, 7) is 3.87. The summed E-state index contributed by atoms with van der Waals surface area (Å²) < 4.78 is 0. The molecule has 5 N–H and O–H groups in total. The highest BCUT2D eigenvalue weighted by molar-refractivity contribution is 6.40. The molecule has 0 saturated heterocycles. The smallest absolute Gasteiger partial charge is 0.451 e. The minimum absolute atomic E-state index is 0.226. The van der Waals surface area contributed by atoms with Gasteiger partial charge in [0.2, 0.25) is 0 Å². The summed E-state index contributed by atoms with van der Waals surface area (Å²) in [5.74, 6) is -0.754. The van der Waals surface area contributed by atoms with Crippen molar-refractivity contribution in [1.82, 2.24) is 0 Å². The fourth-order valence-electron chi connectivity index (χ4n) is 1.79. The van der Waals surface area contributed by atoms with Crippen molar-refractivity contribution < 1.29 is 19.9 Å². The average Bonchev–Trinajstić information content (AvgIpc) is 2.10. The summed E-state index contributed by atoms with van der Waals surface area (Å²) in [7, 11) is -1.32. The van der Waals surface area contributed by atoms with E-state index in [1.54, 1.807) is 0 Å². The van der Waals surface area contributed by atoms with Gasteiger partial charge in [0.15, 0.2) is 0 Å². The van der Waals surface area contributed by atoms with E-state index in [0.717, 1.165) is 0 Å². The van der Waals surface area contributed by atoms with Gasteiger partial charge in [-0.25, -0.2) is 0 Å². The molecule has 0 fully saturated rings. The molecule has 0 aliphatic carbocycles. The van der Waals surface area contributed by atoms with E-state index in [9.17, 15) is 4.79 Å². The Balaban J connectivity index is 4.08. The van der Waals surface area contributed by atoms with Gasteiger partial charge < -0.3 is 20.9 Å². The monoisotopic (exact) mass is 231 g/mol. The van der Waals surface area contributed by atoms with E-state index in [2.05, 4.69) is 0 Å². The molecule has 0 aliphatic heterocycles. The Labute approximate surface area is 96.8 Å². The molecule has 0 bridgehead atoms. The standard InChI is InChI=1S/C10H22BNO4/c1-8(2)7-10(12,9(13)14)5-3-4-6-11(15)16/h8,15-16H,3-7,12H2,1-2H3,(H,13,14). The summed E-state index contributed by atoms with van der Waals surface area (Å²) in [4.78, 5) is 11.1. The Kier molecular flexibility index (Phi) is 6.63. The number of aliphatic carboxylic acids is 1. The van der Waals surface area contributed by atoms with E-state index in [1.165, 1.54) is 0 Å². The zero-order valence-electron chi connectivity index (χ0n) is 10.0. The highest BCUT2D eigenvalue weighted by Crippen LogP contribution is 2.21. The van der Waals surface area contributed by atoms with E-state index in [-0.39, 0.29) is 12.2 Å². The lowest BCUT2D eigenvalue weighted by molar-refractivity contribution is -0.144. The van der Waals surface area contributed by atoms with Gasteiger partial charge in [0.05, 0.1) is 0 Å². The second-order valence-electron chi connectivity index (χ2n) is 4.79. The van der Waals surface area contributed by atoms with Crippen LogP contribution in [-0.2, 0) is 4.79 Å². The third-order valence-electron chi connectivity index (χ3n) is 2.53. The fraction of sp³-hybridized carbons (Fsp3) is 0.900. The van der Waals surface area contributed by atoms with Gasteiger partial charge in [0.25, 0.3) is 0 Å². The molecule has 0 amide bonds. The van der Waals surface area contributed by atoms with Crippen LogP contribution in [0.2, 0.25) is 6.32 Å². The molecule has 0 heterocycles. The largest absolute Gasteiger partial charge is 0.480 e. The van der Waals surface area contributed by atoms with Gasteiger partial charge >= 0.3 is 13.1 Å². The molecule has 1 unspecified atom stereocenters. The van der Waals surface area contributed by atoms with Crippen molar-refractivity contribution in [1.29, 1.82) is 0 Å². The molecular weight excluding hydrogens is 209 g/mol. The van der Waals surface area contributed by atoms with Gasteiger partial charge in [0, 0.05) is 0 Å². The number of nitrogens with two attached hydrogens (primary N) is 1. The first kappa shape index (κ1) is 15.4. The average molecular weight is 231 g/mol. The third-order valence-corrected chi connectivity index (χ3v) is 2.53. The Morgan fingerprint density at radius 1 is 1.38 bits per heavy atom. The van der Waals surface area contributed by atoms with E-state index >= 15 is 0 Å². The fourth-order valence-corrected chi connectivity index (χ4v) is 1.79. The molecule has 0 aromatic rings.